The first-order valence-electron chi connectivity index (χ1n) is 10.9. The topological polar surface area (TPSA) is 84.7 Å². The first-order valence-corrected chi connectivity index (χ1v) is 10.9. The molecule has 1 aliphatic rings. The minimum absolute atomic E-state index is 0.0707. The predicted molar refractivity (Wildman–Crippen MR) is 125 cm³/mol. The lowest BCUT2D eigenvalue weighted by Gasteiger charge is -2.33. The smallest absolute Gasteiger partial charge is 0.248 e. The molecule has 0 saturated carbocycles. The Morgan fingerprint density at radius 2 is 1.84 bits per heavy atom. The molecule has 2 aromatic rings. The van der Waals surface area contributed by atoms with Crippen LogP contribution in [0.4, 0.5) is 11.4 Å². The number of nitrogens with two attached hydrogens (primary N) is 1. The second-order valence-corrected chi connectivity index (χ2v) is 7.88. The van der Waals surface area contributed by atoms with Crippen molar-refractivity contribution in [1.29, 1.82) is 0 Å². The van der Waals surface area contributed by atoms with Crippen molar-refractivity contribution in [2.24, 2.45) is 11.7 Å². The van der Waals surface area contributed by atoms with Gasteiger partial charge in [0.25, 0.3) is 0 Å². The molecule has 0 bridgehead atoms. The van der Waals surface area contributed by atoms with Crippen molar-refractivity contribution in [2.75, 3.05) is 23.3 Å². The van der Waals surface area contributed by atoms with Crippen LogP contribution in [0.15, 0.2) is 54.6 Å². The summed E-state index contributed by atoms with van der Waals surface area (Å²) in [7, 11) is 0. The first kappa shape index (κ1) is 22.4. The van der Waals surface area contributed by atoms with Gasteiger partial charge >= 0.3 is 0 Å². The fourth-order valence-corrected chi connectivity index (χ4v) is 3.63. The zero-order valence-electron chi connectivity index (χ0n) is 18.2. The Morgan fingerprint density at radius 3 is 2.55 bits per heavy atom. The molecule has 6 nitrogen and oxygen atoms in total. The molecule has 1 heterocycles. The summed E-state index contributed by atoms with van der Waals surface area (Å²) in [6, 6.07) is 15.4. The van der Waals surface area contributed by atoms with Crippen LogP contribution in [0.25, 0.3) is 6.08 Å². The van der Waals surface area contributed by atoms with Gasteiger partial charge in [0.1, 0.15) is 5.75 Å². The zero-order chi connectivity index (χ0) is 22.2. The van der Waals surface area contributed by atoms with E-state index in [1.54, 1.807) is 6.08 Å². The van der Waals surface area contributed by atoms with Gasteiger partial charge in [-0.05, 0) is 50.5 Å². The van der Waals surface area contributed by atoms with Crippen LogP contribution >= 0.6 is 0 Å². The number of anilines is 2. The average Bonchev–Trinajstić information content (AvgIpc) is 2.79. The van der Waals surface area contributed by atoms with Crippen molar-refractivity contribution in [1.82, 2.24) is 0 Å². The van der Waals surface area contributed by atoms with Gasteiger partial charge in [-0.3, -0.25) is 9.59 Å². The summed E-state index contributed by atoms with van der Waals surface area (Å²) < 4.78 is 5.95. The molecular weight excluding hydrogens is 390 g/mol. The lowest BCUT2D eigenvalue weighted by atomic mass is 9.96. The predicted octanol–water partition coefficient (Wildman–Crippen LogP) is 4.22. The van der Waals surface area contributed by atoms with Gasteiger partial charge in [-0.15, -0.1) is 0 Å². The SMILES string of the molecule is CCC(C)Oc1ccccc1/C=C/C(=O)Nc1ccccc1N1CCC(C(N)=O)CC1. The van der Waals surface area contributed by atoms with Crippen LogP contribution in [0.5, 0.6) is 5.75 Å². The van der Waals surface area contributed by atoms with Gasteiger partial charge in [-0.1, -0.05) is 37.3 Å². The molecule has 2 aromatic carbocycles. The number of para-hydroxylation sites is 3. The van der Waals surface area contributed by atoms with E-state index in [1.165, 1.54) is 6.08 Å². The summed E-state index contributed by atoms with van der Waals surface area (Å²) in [6.07, 6.45) is 5.76. The van der Waals surface area contributed by atoms with Gasteiger partial charge in [0.05, 0.1) is 17.5 Å². The Balaban J connectivity index is 1.68. The first-order chi connectivity index (χ1) is 15.0. The van der Waals surface area contributed by atoms with Crippen LogP contribution in [-0.4, -0.2) is 31.0 Å². The third-order valence-electron chi connectivity index (χ3n) is 5.64. The Hall–Kier alpha value is -3.28. The van der Waals surface area contributed by atoms with E-state index in [1.807, 2.05) is 55.5 Å². The maximum atomic E-state index is 12.6. The van der Waals surface area contributed by atoms with Crippen LogP contribution in [0.1, 0.15) is 38.7 Å². The lowest BCUT2D eigenvalue weighted by molar-refractivity contribution is -0.122. The molecule has 0 aromatic heterocycles. The summed E-state index contributed by atoms with van der Waals surface area (Å²) in [4.78, 5) is 26.3. The number of nitrogens with zero attached hydrogens (tertiary/aromatic N) is 1. The van der Waals surface area contributed by atoms with Crippen molar-refractivity contribution < 1.29 is 14.3 Å². The molecule has 164 valence electrons. The van der Waals surface area contributed by atoms with Crippen LogP contribution in [0.2, 0.25) is 0 Å². The number of hydrogen-bond acceptors (Lipinski definition) is 4. The molecule has 6 heteroatoms. The number of piperidine rings is 1. The number of benzene rings is 2. The Kier molecular flexibility index (Phi) is 7.70. The number of nitrogens with one attached hydrogen (secondary N) is 1. The molecule has 3 N–H and O–H groups in total. The highest BCUT2D eigenvalue weighted by atomic mass is 16.5. The van der Waals surface area contributed by atoms with Crippen molar-refractivity contribution in [3.05, 3.63) is 60.2 Å². The minimum Gasteiger partial charge on any atom is -0.490 e. The number of carbonyl (C=O) groups excluding carboxylic acids is 2. The standard InChI is InChI=1S/C25H31N3O3/c1-3-18(2)31-23-11-7-4-8-19(23)12-13-24(29)27-21-9-5-6-10-22(21)28-16-14-20(15-17-28)25(26)30/h4-13,18,20H,3,14-17H2,1-2H3,(H2,26,30)(H,27,29)/b13-12+. The van der Waals surface area contributed by atoms with Gasteiger partial charge in [0, 0.05) is 30.6 Å². The van der Waals surface area contributed by atoms with E-state index >= 15 is 0 Å². The number of carbonyl (C=O) groups is 2. The second kappa shape index (κ2) is 10.7. The maximum Gasteiger partial charge on any atom is 0.248 e. The Bertz CT molecular complexity index is 933. The highest BCUT2D eigenvalue weighted by Crippen LogP contribution is 2.30. The van der Waals surface area contributed by atoms with Gasteiger partial charge < -0.3 is 20.7 Å². The van der Waals surface area contributed by atoms with Gasteiger partial charge in [-0.2, -0.15) is 0 Å². The maximum absolute atomic E-state index is 12.6. The average molecular weight is 422 g/mol. The van der Waals surface area contributed by atoms with Crippen LogP contribution in [0.3, 0.4) is 0 Å². The van der Waals surface area contributed by atoms with E-state index < -0.39 is 0 Å². The summed E-state index contributed by atoms with van der Waals surface area (Å²) in [6.45, 7) is 5.56. The zero-order valence-corrected chi connectivity index (χ0v) is 18.2. The Morgan fingerprint density at radius 1 is 1.16 bits per heavy atom. The summed E-state index contributed by atoms with van der Waals surface area (Å²) in [5.74, 6) is 0.249. The molecule has 1 unspecified atom stereocenters. The van der Waals surface area contributed by atoms with Crippen molar-refractivity contribution in [3.63, 3.8) is 0 Å². The molecule has 3 rings (SSSR count). The van der Waals surface area contributed by atoms with E-state index in [-0.39, 0.29) is 23.8 Å². The molecule has 31 heavy (non-hydrogen) atoms. The second-order valence-electron chi connectivity index (χ2n) is 7.88. The number of hydrogen-bond donors (Lipinski definition) is 2. The van der Waals surface area contributed by atoms with E-state index in [0.29, 0.717) is 0 Å². The lowest BCUT2D eigenvalue weighted by Crippen LogP contribution is -2.38. The Labute approximate surface area is 184 Å². The molecule has 0 spiro atoms. The molecule has 1 aliphatic heterocycles. The van der Waals surface area contributed by atoms with Crippen LogP contribution in [-0.2, 0) is 9.59 Å². The monoisotopic (exact) mass is 421 g/mol. The van der Waals surface area contributed by atoms with Gasteiger partial charge in [-0.25, -0.2) is 0 Å². The molecule has 0 radical (unpaired) electrons. The number of amides is 2. The summed E-state index contributed by atoms with van der Waals surface area (Å²) in [5, 5.41) is 2.98. The highest BCUT2D eigenvalue weighted by molar-refractivity contribution is 6.04. The van der Waals surface area contributed by atoms with Gasteiger partial charge in [0.2, 0.25) is 11.8 Å². The largest absolute Gasteiger partial charge is 0.490 e. The number of primary amides is 1. The third-order valence-corrected chi connectivity index (χ3v) is 5.64. The van der Waals surface area contributed by atoms with Crippen LogP contribution < -0.4 is 20.7 Å². The molecule has 1 fully saturated rings. The van der Waals surface area contributed by atoms with Crippen LogP contribution in [0, 0.1) is 5.92 Å². The highest BCUT2D eigenvalue weighted by Gasteiger charge is 2.24. The summed E-state index contributed by atoms with van der Waals surface area (Å²) in [5.41, 5.74) is 8.00. The quantitative estimate of drug-likeness (QED) is 0.625. The van der Waals surface area contributed by atoms with E-state index in [9.17, 15) is 9.59 Å². The fraction of sp³-hybridized carbons (Fsp3) is 0.360. The molecule has 1 atom stereocenters. The number of rotatable bonds is 8. The number of ether oxygens (including phenoxy) is 1. The molecule has 1 saturated heterocycles. The minimum atomic E-state index is -0.232. The fourth-order valence-electron chi connectivity index (χ4n) is 3.63. The normalized spacial score (nSPS) is 15.6. The molecule has 0 aliphatic carbocycles. The van der Waals surface area contributed by atoms with Crippen molar-refractivity contribution in [3.8, 4) is 5.75 Å². The molecular formula is C25H31N3O3. The van der Waals surface area contributed by atoms with E-state index in [2.05, 4.69) is 17.1 Å². The summed E-state index contributed by atoms with van der Waals surface area (Å²) >= 11 is 0. The van der Waals surface area contributed by atoms with Crippen molar-refractivity contribution in [2.45, 2.75) is 39.2 Å². The third kappa shape index (κ3) is 6.10. The van der Waals surface area contributed by atoms with Gasteiger partial charge in [0.15, 0.2) is 0 Å². The molecule has 2 amide bonds. The van der Waals surface area contributed by atoms with Crippen molar-refractivity contribution >= 4 is 29.3 Å². The van der Waals surface area contributed by atoms with E-state index in [0.717, 1.165) is 55.0 Å². The van der Waals surface area contributed by atoms with E-state index in [4.69, 9.17) is 10.5 Å².